The fourth-order valence-corrected chi connectivity index (χ4v) is 3.25. The Morgan fingerprint density at radius 2 is 1.85 bits per heavy atom. The maximum absolute atomic E-state index is 13.7. The first-order valence-corrected chi connectivity index (χ1v) is 9.56. The molecule has 27 heavy (non-hydrogen) atoms. The van der Waals surface area contributed by atoms with Crippen LogP contribution in [0.15, 0.2) is 65.7 Å². The van der Waals surface area contributed by atoms with Crippen molar-refractivity contribution in [2.75, 3.05) is 7.11 Å². The number of hydrogen-bond donors (Lipinski definition) is 0. The molecule has 0 saturated heterocycles. The van der Waals surface area contributed by atoms with Crippen molar-refractivity contribution in [2.24, 2.45) is 4.99 Å². The number of hydrogen-bond acceptors (Lipinski definition) is 3. The minimum Gasteiger partial charge on any atom is -0.494 e. The SMILES string of the molecule is COc1ccc(Cl)cc1N=Cc1ccc(OCc2ccccc2F)c(I)c1. The van der Waals surface area contributed by atoms with E-state index in [0.29, 0.717) is 27.8 Å². The van der Waals surface area contributed by atoms with Crippen LogP contribution in [0.1, 0.15) is 11.1 Å². The number of halogens is 3. The van der Waals surface area contributed by atoms with E-state index in [9.17, 15) is 4.39 Å². The maximum Gasteiger partial charge on any atom is 0.144 e. The topological polar surface area (TPSA) is 30.8 Å². The molecule has 138 valence electrons. The van der Waals surface area contributed by atoms with Crippen LogP contribution < -0.4 is 9.47 Å². The van der Waals surface area contributed by atoms with Gasteiger partial charge in [-0.2, -0.15) is 0 Å². The summed E-state index contributed by atoms with van der Waals surface area (Å²) < 4.78 is 25.6. The van der Waals surface area contributed by atoms with E-state index in [1.807, 2.05) is 18.2 Å². The van der Waals surface area contributed by atoms with Crippen molar-refractivity contribution in [3.63, 3.8) is 0 Å². The highest BCUT2D eigenvalue weighted by molar-refractivity contribution is 14.1. The number of rotatable bonds is 6. The van der Waals surface area contributed by atoms with Gasteiger partial charge in [0.1, 0.15) is 29.6 Å². The van der Waals surface area contributed by atoms with Crippen molar-refractivity contribution in [2.45, 2.75) is 6.61 Å². The van der Waals surface area contributed by atoms with Gasteiger partial charge in [0.2, 0.25) is 0 Å². The smallest absolute Gasteiger partial charge is 0.144 e. The van der Waals surface area contributed by atoms with Crippen LogP contribution in [0.2, 0.25) is 5.02 Å². The first-order valence-electron chi connectivity index (χ1n) is 8.10. The molecule has 0 radical (unpaired) electrons. The van der Waals surface area contributed by atoms with E-state index in [4.69, 9.17) is 21.1 Å². The highest BCUT2D eigenvalue weighted by Crippen LogP contribution is 2.30. The molecule has 0 atom stereocenters. The molecule has 3 aromatic rings. The lowest BCUT2D eigenvalue weighted by atomic mass is 10.2. The molecule has 6 heteroatoms. The molecule has 0 aromatic heterocycles. The number of nitrogens with zero attached hydrogens (tertiary/aromatic N) is 1. The van der Waals surface area contributed by atoms with Gasteiger partial charge in [0.05, 0.1) is 10.7 Å². The average molecular weight is 496 g/mol. The first-order chi connectivity index (χ1) is 13.1. The van der Waals surface area contributed by atoms with Crippen molar-refractivity contribution >= 4 is 46.1 Å². The van der Waals surface area contributed by atoms with Crippen LogP contribution in [0.3, 0.4) is 0 Å². The first kappa shape index (κ1) is 19.6. The minimum absolute atomic E-state index is 0.176. The third kappa shape index (κ3) is 5.20. The van der Waals surface area contributed by atoms with Crippen LogP contribution in [0.5, 0.6) is 11.5 Å². The largest absolute Gasteiger partial charge is 0.494 e. The Morgan fingerprint density at radius 3 is 2.59 bits per heavy atom. The monoisotopic (exact) mass is 495 g/mol. The predicted molar refractivity (Wildman–Crippen MR) is 115 cm³/mol. The third-order valence-corrected chi connectivity index (χ3v) is 4.87. The van der Waals surface area contributed by atoms with E-state index in [0.717, 1.165) is 9.13 Å². The van der Waals surface area contributed by atoms with E-state index in [-0.39, 0.29) is 12.4 Å². The van der Waals surface area contributed by atoms with Gasteiger partial charge in [-0.05, 0) is 70.6 Å². The molecule has 0 N–H and O–H groups in total. The molecular formula is C21H16ClFINO2. The zero-order valence-corrected chi connectivity index (χ0v) is 17.4. The summed E-state index contributed by atoms with van der Waals surface area (Å²) >= 11 is 8.21. The van der Waals surface area contributed by atoms with Crippen molar-refractivity contribution in [1.82, 2.24) is 0 Å². The molecule has 0 aliphatic carbocycles. The molecule has 3 rings (SSSR count). The lowest BCUT2D eigenvalue weighted by Gasteiger charge is -2.09. The number of ether oxygens (including phenoxy) is 2. The fraction of sp³-hybridized carbons (Fsp3) is 0.0952. The van der Waals surface area contributed by atoms with Crippen LogP contribution in [0.4, 0.5) is 10.1 Å². The fourth-order valence-electron chi connectivity index (χ4n) is 2.39. The molecule has 0 aliphatic rings. The Kier molecular flexibility index (Phi) is 6.68. The normalized spacial score (nSPS) is 11.0. The number of methoxy groups -OCH3 is 1. The molecule has 0 heterocycles. The number of aliphatic imine (C=N–C) groups is 1. The molecular weight excluding hydrogens is 480 g/mol. The number of benzene rings is 3. The molecule has 0 aliphatic heterocycles. The van der Waals surface area contributed by atoms with Gasteiger partial charge < -0.3 is 9.47 Å². The van der Waals surface area contributed by atoms with Crippen molar-refractivity contribution in [1.29, 1.82) is 0 Å². The van der Waals surface area contributed by atoms with E-state index < -0.39 is 0 Å². The summed E-state index contributed by atoms with van der Waals surface area (Å²) in [7, 11) is 1.59. The van der Waals surface area contributed by atoms with Crippen molar-refractivity contribution in [3.8, 4) is 11.5 Å². The lowest BCUT2D eigenvalue weighted by Crippen LogP contribution is -1.99. The van der Waals surface area contributed by atoms with Crippen LogP contribution in [0, 0.1) is 9.39 Å². The molecule has 0 bridgehead atoms. The zero-order valence-electron chi connectivity index (χ0n) is 14.5. The molecule has 0 spiro atoms. The highest BCUT2D eigenvalue weighted by atomic mass is 127. The molecule has 0 fully saturated rings. The summed E-state index contributed by atoms with van der Waals surface area (Å²) in [5.74, 6) is 1.07. The van der Waals surface area contributed by atoms with Gasteiger partial charge in [0, 0.05) is 16.8 Å². The Morgan fingerprint density at radius 1 is 1.07 bits per heavy atom. The van der Waals surface area contributed by atoms with Gasteiger partial charge in [0.15, 0.2) is 0 Å². The lowest BCUT2D eigenvalue weighted by molar-refractivity contribution is 0.297. The second-order valence-electron chi connectivity index (χ2n) is 5.64. The zero-order chi connectivity index (χ0) is 19.2. The van der Waals surface area contributed by atoms with Crippen LogP contribution in [0.25, 0.3) is 0 Å². The van der Waals surface area contributed by atoms with Crippen molar-refractivity contribution in [3.05, 3.63) is 86.2 Å². The molecule has 0 amide bonds. The molecule has 3 aromatic carbocycles. The predicted octanol–water partition coefficient (Wildman–Crippen LogP) is 6.42. The van der Waals surface area contributed by atoms with E-state index in [2.05, 4.69) is 27.6 Å². The summed E-state index contributed by atoms with van der Waals surface area (Å²) in [6, 6.07) is 17.5. The van der Waals surface area contributed by atoms with E-state index in [1.54, 1.807) is 49.7 Å². The summed E-state index contributed by atoms with van der Waals surface area (Å²) in [5.41, 5.74) is 2.08. The van der Waals surface area contributed by atoms with E-state index >= 15 is 0 Å². The van der Waals surface area contributed by atoms with E-state index in [1.165, 1.54) is 6.07 Å². The maximum atomic E-state index is 13.7. The summed E-state index contributed by atoms with van der Waals surface area (Å²) in [5, 5.41) is 0.592. The molecule has 0 saturated carbocycles. The van der Waals surface area contributed by atoms with Crippen LogP contribution in [-0.2, 0) is 6.61 Å². The second-order valence-corrected chi connectivity index (χ2v) is 7.24. The van der Waals surface area contributed by atoms with Gasteiger partial charge in [-0.25, -0.2) is 4.39 Å². The Balaban J connectivity index is 1.73. The minimum atomic E-state index is -0.272. The Hall–Kier alpha value is -2.12. The van der Waals surface area contributed by atoms with Gasteiger partial charge in [-0.15, -0.1) is 0 Å². The third-order valence-electron chi connectivity index (χ3n) is 3.79. The highest BCUT2D eigenvalue weighted by Gasteiger charge is 2.06. The van der Waals surface area contributed by atoms with Crippen LogP contribution >= 0.6 is 34.2 Å². The average Bonchev–Trinajstić information content (AvgIpc) is 2.67. The van der Waals surface area contributed by atoms with Gasteiger partial charge in [0.25, 0.3) is 0 Å². The Bertz CT molecular complexity index is 978. The Labute approximate surface area is 175 Å². The quantitative estimate of drug-likeness (QED) is 0.292. The summed E-state index contributed by atoms with van der Waals surface area (Å²) in [6.07, 6.45) is 1.73. The molecule has 0 unspecified atom stereocenters. The molecule has 3 nitrogen and oxygen atoms in total. The standard InChI is InChI=1S/C21H16ClFINO2/c1-26-21-9-7-16(22)11-19(21)25-12-14-6-8-20(18(24)10-14)27-13-15-4-2-3-5-17(15)23/h2-12H,13H2,1H3. The van der Waals surface area contributed by atoms with Gasteiger partial charge in [-0.1, -0.05) is 29.8 Å². The van der Waals surface area contributed by atoms with Gasteiger partial charge in [-0.3, -0.25) is 4.99 Å². The van der Waals surface area contributed by atoms with Gasteiger partial charge >= 0.3 is 0 Å². The summed E-state index contributed by atoms with van der Waals surface area (Å²) in [4.78, 5) is 4.46. The second kappa shape index (κ2) is 9.19. The summed E-state index contributed by atoms with van der Waals surface area (Å²) in [6.45, 7) is 0.176. The van der Waals surface area contributed by atoms with Crippen LogP contribution in [-0.4, -0.2) is 13.3 Å². The van der Waals surface area contributed by atoms with Crippen molar-refractivity contribution < 1.29 is 13.9 Å².